The highest BCUT2D eigenvalue weighted by Crippen LogP contribution is 2.21. The summed E-state index contributed by atoms with van der Waals surface area (Å²) in [6.07, 6.45) is 3.14. The summed E-state index contributed by atoms with van der Waals surface area (Å²) in [5.74, 6) is -0.363. The van der Waals surface area contributed by atoms with Gasteiger partial charge in [-0.1, -0.05) is 0 Å². The molecule has 15 heavy (non-hydrogen) atoms. The number of aryl methyl sites for hydroxylation is 1. The molecule has 76 valence electrons. The van der Waals surface area contributed by atoms with Crippen molar-refractivity contribution in [3.63, 3.8) is 0 Å². The van der Waals surface area contributed by atoms with E-state index in [0.717, 1.165) is 0 Å². The fourth-order valence-corrected chi connectivity index (χ4v) is 1.33. The lowest BCUT2D eigenvalue weighted by Gasteiger charge is -2.01. The molecular formula is C11H9NO3. The molecule has 0 aliphatic carbocycles. The van der Waals surface area contributed by atoms with E-state index in [1.165, 1.54) is 6.26 Å². The van der Waals surface area contributed by atoms with Crippen molar-refractivity contribution in [1.29, 1.82) is 0 Å². The minimum absolute atomic E-state index is 0.198. The van der Waals surface area contributed by atoms with Crippen molar-refractivity contribution in [3.8, 4) is 11.3 Å². The maximum atomic E-state index is 10.9. The molecule has 4 heteroatoms. The first-order valence-electron chi connectivity index (χ1n) is 4.42. The number of carboxylic acids is 1. The molecule has 2 aromatic rings. The van der Waals surface area contributed by atoms with Crippen molar-refractivity contribution in [2.75, 3.05) is 0 Å². The van der Waals surface area contributed by atoms with Gasteiger partial charge < -0.3 is 9.52 Å². The highest BCUT2D eigenvalue weighted by Gasteiger charge is 2.10. The Morgan fingerprint density at radius 1 is 1.53 bits per heavy atom. The van der Waals surface area contributed by atoms with Gasteiger partial charge in [0.15, 0.2) is 0 Å². The van der Waals surface area contributed by atoms with Gasteiger partial charge >= 0.3 is 5.97 Å². The van der Waals surface area contributed by atoms with Crippen LogP contribution in [0.3, 0.4) is 0 Å². The zero-order valence-corrected chi connectivity index (χ0v) is 8.10. The van der Waals surface area contributed by atoms with Crippen LogP contribution in [-0.2, 0) is 0 Å². The Hall–Kier alpha value is -2.10. The van der Waals surface area contributed by atoms with Gasteiger partial charge in [0.05, 0.1) is 17.5 Å². The van der Waals surface area contributed by atoms with E-state index in [4.69, 9.17) is 9.52 Å². The first-order valence-corrected chi connectivity index (χ1v) is 4.42. The Balaban J connectivity index is 2.52. The molecule has 0 radical (unpaired) electrons. The second-order valence-electron chi connectivity index (χ2n) is 3.14. The van der Waals surface area contributed by atoms with Gasteiger partial charge in [-0.15, -0.1) is 0 Å². The highest BCUT2D eigenvalue weighted by molar-refractivity contribution is 5.90. The summed E-state index contributed by atoms with van der Waals surface area (Å²) in [5.41, 5.74) is 1.37. The largest absolute Gasteiger partial charge is 0.478 e. The molecular weight excluding hydrogens is 194 g/mol. The van der Waals surface area contributed by atoms with Crippen LogP contribution >= 0.6 is 0 Å². The number of rotatable bonds is 2. The summed E-state index contributed by atoms with van der Waals surface area (Å²) in [7, 11) is 0. The van der Waals surface area contributed by atoms with E-state index in [0.29, 0.717) is 17.0 Å². The van der Waals surface area contributed by atoms with Crippen molar-refractivity contribution in [1.82, 2.24) is 4.98 Å². The van der Waals surface area contributed by atoms with Crippen LogP contribution in [0.2, 0.25) is 0 Å². The monoisotopic (exact) mass is 203 g/mol. The third-order valence-electron chi connectivity index (χ3n) is 2.12. The summed E-state index contributed by atoms with van der Waals surface area (Å²) in [4.78, 5) is 14.9. The predicted molar refractivity (Wildman–Crippen MR) is 53.6 cm³/mol. The third-order valence-corrected chi connectivity index (χ3v) is 2.12. The average Bonchev–Trinajstić information content (AvgIpc) is 2.71. The van der Waals surface area contributed by atoms with Gasteiger partial charge in [-0.25, -0.2) is 4.79 Å². The molecule has 0 fully saturated rings. The van der Waals surface area contributed by atoms with Crippen LogP contribution in [-0.4, -0.2) is 16.1 Å². The van der Waals surface area contributed by atoms with E-state index in [2.05, 4.69) is 4.98 Å². The molecule has 0 atom stereocenters. The number of aromatic carboxylic acids is 1. The molecule has 0 aliphatic rings. The molecule has 0 amide bonds. The lowest BCUT2D eigenvalue weighted by Crippen LogP contribution is -2.01. The summed E-state index contributed by atoms with van der Waals surface area (Å²) in [6, 6.07) is 5.07. The van der Waals surface area contributed by atoms with Gasteiger partial charge in [-0.05, 0) is 25.1 Å². The number of hydrogen-bond donors (Lipinski definition) is 1. The Morgan fingerprint density at radius 2 is 2.33 bits per heavy atom. The quantitative estimate of drug-likeness (QED) is 0.813. The minimum atomic E-state index is -0.978. The van der Waals surface area contributed by atoms with Gasteiger partial charge in [-0.2, -0.15) is 0 Å². The van der Waals surface area contributed by atoms with Gasteiger partial charge in [0.25, 0.3) is 0 Å². The SMILES string of the molecule is Cc1ncc(-c2ccco2)cc1C(=O)O. The van der Waals surface area contributed by atoms with Crippen LogP contribution in [0.1, 0.15) is 16.1 Å². The van der Waals surface area contributed by atoms with E-state index >= 15 is 0 Å². The normalized spacial score (nSPS) is 10.2. The van der Waals surface area contributed by atoms with Crippen LogP contribution in [0, 0.1) is 6.92 Å². The Morgan fingerprint density at radius 3 is 2.93 bits per heavy atom. The summed E-state index contributed by atoms with van der Waals surface area (Å²) >= 11 is 0. The van der Waals surface area contributed by atoms with Crippen molar-refractivity contribution in [2.24, 2.45) is 0 Å². The standard InChI is InChI=1S/C11H9NO3/c1-7-9(11(13)14)5-8(6-12-7)10-3-2-4-15-10/h2-6H,1H3,(H,13,14). The van der Waals surface area contributed by atoms with E-state index in [1.54, 1.807) is 31.3 Å². The fraction of sp³-hybridized carbons (Fsp3) is 0.0909. The smallest absolute Gasteiger partial charge is 0.337 e. The van der Waals surface area contributed by atoms with E-state index < -0.39 is 5.97 Å². The fourth-order valence-electron chi connectivity index (χ4n) is 1.33. The maximum Gasteiger partial charge on any atom is 0.337 e. The average molecular weight is 203 g/mol. The maximum absolute atomic E-state index is 10.9. The number of carboxylic acid groups (broad SMARTS) is 1. The minimum Gasteiger partial charge on any atom is -0.478 e. The second-order valence-corrected chi connectivity index (χ2v) is 3.14. The summed E-state index contributed by atoms with van der Waals surface area (Å²) in [5, 5.41) is 8.92. The van der Waals surface area contributed by atoms with Crippen molar-refractivity contribution in [3.05, 3.63) is 41.9 Å². The zero-order valence-electron chi connectivity index (χ0n) is 8.10. The van der Waals surface area contributed by atoms with Crippen LogP contribution < -0.4 is 0 Å². The second kappa shape index (κ2) is 3.57. The lowest BCUT2D eigenvalue weighted by atomic mass is 10.1. The molecule has 0 saturated carbocycles. The Kier molecular flexibility index (Phi) is 2.25. The molecule has 2 aromatic heterocycles. The van der Waals surface area contributed by atoms with Gasteiger partial charge in [0.2, 0.25) is 0 Å². The van der Waals surface area contributed by atoms with Crippen molar-refractivity contribution < 1.29 is 14.3 Å². The number of hydrogen-bond acceptors (Lipinski definition) is 3. The summed E-state index contributed by atoms with van der Waals surface area (Å²) < 4.78 is 5.16. The first-order chi connectivity index (χ1) is 7.18. The van der Waals surface area contributed by atoms with Gasteiger partial charge in [0, 0.05) is 11.8 Å². The molecule has 0 aromatic carbocycles. The number of nitrogens with zero attached hydrogens (tertiary/aromatic N) is 1. The highest BCUT2D eigenvalue weighted by atomic mass is 16.4. The number of pyridine rings is 1. The molecule has 0 spiro atoms. The van der Waals surface area contributed by atoms with Crippen LogP contribution in [0.4, 0.5) is 0 Å². The number of carbonyl (C=O) groups is 1. The lowest BCUT2D eigenvalue weighted by molar-refractivity contribution is 0.0695. The molecule has 0 unspecified atom stereocenters. The predicted octanol–water partition coefficient (Wildman–Crippen LogP) is 2.35. The van der Waals surface area contributed by atoms with E-state index in [1.807, 2.05) is 0 Å². The van der Waals surface area contributed by atoms with Crippen LogP contribution in [0.15, 0.2) is 35.1 Å². The molecule has 0 aliphatic heterocycles. The molecule has 0 bridgehead atoms. The third kappa shape index (κ3) is 1.74. The van der Waals surface area contributed by atoms with Gasteiger partial charge in [-0.3, -0.25) is 4.98 Å². The topological polar surface area (TPSA) is 63.3 Å². The Bertz CT molecular complexity index is 489. The molecule has 2 heterocycles. The molecule has 2 rings (SSSR count). The van der Waals surface area contributed by atoms with Crippen LogP contribution in [0.5, 0.6) is 0 Å². The van der Waals surface area contributed by atoms with Crippen molar-refractivity contribution in [2.45, 2.75) is 6.92 Å². The van der Waals surface area contributed by atoms with E-state index in [9.17, 15) is 4.79 Å². The van der Waals surface area contributed by atoms with Gasteiger partial charge in [0.1, 0.15) is 5.76 Å². The van der Waals surface area contributed by atoms with Crippen molar-refractivity contribution >= 4 is 5.97 Å². The first kappa shape index (κ1) is 9.45. The molecule has 4 nitrogen and oxygen atoms in total. The molecule has 1 N–H and O–H groups in total. The molecule has 0 saturated heterocycles. The van der Waals surface area contributed by atoms with E-state index in [-0.39, 0.29) is 5.56 Å². The Labute approximate surface area is 86.2 Å². The number of aromatic nitrogens is 1. The summed E-state index contributed by atoms with van der Waals surface area (Å²) in [6.45, 7) is 1.66. The zero-order chi connectivity index (χ0) is 10.8. The number of furan rings is 1. The van der Waals surface area contributed by atoms with Crippen LogP contribution in [0.25, 0.3) is 11.3 Å².